The summed E-state index contributed by atoms with van der Waals surface area (Å²) in [6.07, 6.45) is -3.50. The van der Waals surface area contributed by atoms with Gasteiger partial charge in [-0.25, -0.2) is 4.39 Å². The lowest BCUT2D eigenvalue weighted by Gasteiger charge is -2.30. The molecule has 0 amide bonds. The van der Waals surface area contributed by atoms with Gasteiger partial charge in [0.05, 0.1) is 19.9 Å². The number of fused-ring (bicyclic) bond motifs is 1. The van der Waals surface area contributed by atoms with Crippen LogP contribution in [0.25, 0.3) is 16.8 Å². The van der Waals surface area contributed by atoms with Crippen molar-refractivity contribution in [2.75, 3.05) is 25.5 Å². The minimum absolute atomic E-state index is 0.000146. The van der Waals surface area contributed by atoms with Crippen LogP contribution in [0, 0.1) is 5.82 Å². The van der Waals surface area contributed by atoms with Crippen LogP contribution in [0.4, 0.5) is 23.4 Å². The number of benzene rings is 2. The minimum atomic E-state index is -4.99. The van der Waals surface area contributed by atoms with E-state index in [9.17, 15) is 26.4 Å². The van der Waals surface area contributed by atoms with Crippen LogP contribution < -0.4 is 24.5 Å². The van der Waals surface area contributed by atoms with Crippen LogP contribution in [0.2, 0.25) is 0 Å². The Balaban J connectivity index is 1.53. The van der Waals surface area contributed by atoms with Gasteiger partial charge in [0.25, 0.3) is 5.56 Å². The molecule has 0 unspecified atom stereocenters. The Morgan fingerprint density at radius 3 is 2.44 bits per heavy atom. The normalized spacial score (nSPS) is 13.7. The van der Waals surface area contributed by atoms with Crippen molar-refractivity contribution >= 4 is 16.0 Å². The van der Waals surface area contributed by atoms with Crippen molar-refractivity contribution in [2.45, 2.75) is 19.3 Å². The van der Waals surface area contributed by atoms with Gasteiger partial charge in [0.15, 0.2) is 5.82 Å². The van der Waals surface area contributed by atoms with Gasteiger partial charge in [0, 0.05) is 55.2 Å². The van der Waals surface area contributed by atoms with Crippen molar-refractivity contribution in [3.63, 3.8) is 0 Å². The first-order valence-electron chi connectivity index (χ1n) is 12.5. The fourth-order valence-electron chi connectivity index (χ4n) is 4.70. The molecule has 16 heteroatoms. The van der Waals surface area contributed by atoms with E-state index in [1.165, 1.54) is 65.7 Å². The Bertz CT molecular complexity index is 1830. The number of methoxy groups -OCH3 is 2. The molecule has 0 spiro atoms. The number of aromatic nitrogens is 3. The highest BCUT2D eigenvalue weighted by Crippen LogP contribution is 2.38. The predicted molar refractivity (Wildman–Crippen MR) is 146 cm³/mol. The van der Waals surface area contributed by atoms with Crippen LogP contribution in [0.3, 0.4) is 0 Å². The topological polar surface area (TPSA) is 125 Å². The molecule has 11 nitrogen and oxygen atoms in total. The second kappa shape index (κ2) is 11.5. The molecule has 5 rings (SSSR count). The van der Waals surface area contributed by atoms with Crippen molar-refractivity contribution in [3.8, 4) is 34.1 Å². The van der Waals surface area contributed by atoms with Crippen molar-refractivity contribution < 1.29 is 40.2 Å². The number of alkyl halides is 3. The van der Waals surface area contributed by atoms with Crippen molar-refractivity contribution in [1.82, 2.24) is 19.1 Å². The van der Waals surface area contributed by atoms with E-state index < -0.39 is 33.7 Å². The largest absolute Gasteiger partial charge is 0.573 e. The maximum Gasteiger partial charge on any atom is 0.573 e. The van der Waals surface area contributed by atoms with Crippen molar-refractivity contribution in [3.05, 3.63) is 88.2 Å². The minimum Gasteiger partial charge on any atom is -0.497 e. The summed E-state index contributed by atoms with van der Waals surface area (Å²) in [5.74, 6) is -1.44. The van der Waals surface area contributed by atoms with Gasteiger partial charge in [0.1, 0.15) is 23.1 Å². The van der Waals surface area contributed by atoms with E-state index in [0.717, 1.165) is 18.2 Å². The van der Waals surface area contributed by atoms with E-state index in [0.29, 0.717) is 11.3 Å². The molecule has 2 aromatic heterocycles. The standard InChI is InChI=1S/C27H23F4N5O6S/c1-40-18-10-17(11-19(12-18)42-27(29,30)31)20-13-24(41-2)23(14-21(20)28)36-22-7-9-35(15-16(22)5-6-26(36)37)43(38,39)34-25-4-3-8-32-33-25/h3-6,8,10-14H,7,9,15H2,1-2H3,(H,33,34). The van der Waals surface area contributed by atoms with Crippen LogP contribution in [0.1, 0.15) is 11.3 Å². The molecule has 0 atom stereocenters. The number of rotatable bonds is 8. The molecule has 3 heterocycles. The highest BCUT2D eigenvalue weighted by Gasteiger charge is 2.32. The number of hydrogen-bond donors (Lipinski definition) is 1. The van der Waals surface area contributed by atoms with Gasteiger partial charge in [-0.2, -0.15) is 17.8 Å². The summed E-state index contributed by atoms with van der Waals surface area (Å²) < 4.78 is 99.5. The van der Waals surface area contributed by atoms with Gasteiger partial charge in [-0.05, 0) is 41.5 Å². The van der Waals surface area contributed by atoms with E-state index >= 15 is 4.39 Å². The van der Waals surface area contributed by atoms with Gasteiger partial charge < -0.3 is 14.2 Å². The molecular formula is C27H23F4N5O6S. The number of nitrogens with zero attached hydrogens (tertiary/aromatic N) is 4. The Labute approximate surface area is 242 Å². The zero-order valence-corrected chi connectivity index (χ0v) is 23.4. The zero-order chi connectivity index (χ0) is 30.9. The number of hydrogen-bond acceptors (Lipinski definition) is 8. The first-order chi connectivity index (χ1) is 20.4. The van der Waals surface area contributed by atoms with Crippen LogP contribution in [0.15, 0.2) is 65.6 Å². The smallest absolute Gasteiger partial charge is 0.497 e. The maximum absolute atomic E-state index is 15.7. The monoisotopic (exact) mass is 621 g/mol. The van der Waals surface area contributed by atoms with Crippen molar-refractivity contribution in [1.29, 1.82) is 0 Å². The number of pyridine rings is 1. The van der Waals surface area contributed by atoms with Gasteiger partial charge in [-0.15, -0.1) is 18.3 Å². The third-order valence-corrected chi connectivity index (χ3v) is 8.01. The summed E-state index contributed by atoms with van der Waals surface area (Å²) >= 11 is 0. The average Bonchev–Trinajstić information content (AvgIpc) is 2.96. The molecule has 1 N–H and O–H groups in total. The predicted octanol–water partition coefficient (Wildman–Crippen LogP) is 4.06. The molecule has 1 aliphatic heterocycles. The first-order valence-corrected chi connectivity index (χ1v) is 13.9. The van der Waals surface area contributed by atoms with E-state index in [2.05, 4.69) is 19.7 Å². The number of halogens is 4. The number of nitrogens with one attached hydrogen (secondary N) is 1. The van der Waals surface area contributed by atoms with E-state index in [-0.39, 0.29) is 53.6 Å². The fraction of sp³-hybridized carbons (Fsp3) is 0.222. The summed E-state index contributed by atoms with van der Waals surface area (Å²) in [6.45, 7) is -0.111. The molecule has 0 saturated heterocycles. The third-order valence-electron chi connectivity index (χ3n) is 6.55. The summed E-state index contributed by atoms with van der Waals surface area (Å²) in [6, 6.07) is 11.3. The Morgan fingerprint density at radius 2 is 1.77 bits per heavy atom. The average molecular weight is 622 g/mol. The summed E-state index contributed by atoms with van der Waals surface area (Å²) in [4.78, 5) is 13.1. The van der Waals surface area contributed by atoms with Gasteiger partial charge in [-0.1, -0.05) is 6.07 Å². The first kappa shape index (κ1) is 29.8. The molecule has 0 bridgehead atoms. The lowest BCUT2D eigenvalue weighted by molar-refractivity contribution is -0.274. The second-order valence-electron chi connectivity index (χ2n) is 9.23. The second-order valence-corrected chi connectivity index (χ2v) is 10.9. The molecule has 0 radical (unpaired) electrons. The van der Waals surface area contributed by atoms with Crippen molar-refractivity contribution in [2.24, 2.45) is 0 Å². The van der Waals surface area contributed by atoms with E-state index in [1.54, 1.807) is 0 Å². The van der Waals surface area contributed by atoms with Gasteiger partial charge >= 0.3 is 16.6 Å². The molecule has 0 saturated carbocycles. The lowest BCUT2D eigenvalue weighted by atomic mass is 10.0. The highest BCUT2D eigenvalue weighted by molar-refractivity contribution is 7.90. The molecule has 226 valence electrons. The molecular weight excluding hydrogens is 598 g/mol. The summed E-state index contributed by atoms with van der Waals surface area (Å²) in [5.41, 5.74) is 0.279. The quantitative estimate of drug-likeness (QED) is 0.292. The van der Waals surface area contributed by atoms with Gasteiger partial charge in [0.2, 0.25) is 0 Å². The Morgan fingerprint density at radius 1 is 1.00 bits per heavy atom. The fourth-order valence-corrected chi connectivity index (χ4v) is 5.84. The lowest BCUT2D eigenvalue weighted by Crippen LogP contribution is -2.41. The Kier molecular flexibility index (Phi) is 7.98. The molecule has 43 heavy (non-hydrogen) atoms. The van der Waals surface area contributed by atoms with Crippen LogP contribution in [-0.4, -0.2) is 54.6 Å². The van der Waals surface area contributed by atoms with E-state index in [4.69, 9.17) is 9.47 Å². The molecule has 2 aromatic carbocycles. The molecule has 4 aromatic rings. The number of ether oxygens (including phenoxy) is 3. The zero-order valence-electron chi connectivity index (χ0n) is 22.6. The maximum atomic E-state index is 15.7. The van der Waals surface area contributed by atoms with Crippen LogP contribution in [0.5, 0.6) is 17.2 Å². The summed E-state index contributed by atoms with van der Waals surface area (Å²) in [7, 11) is -1.50. The van der Waals surface area contributed by atoms with Crippen LogP contribution in [-0.2, 0) is 23.2 Å². The molecule has 0 fully saturated rings. The van der Waals surface area contributed by atoms with Gasteiger partial charge in [-0.3, -0.25) is 14.1 Å². The molecule has 0 aliphatic carbocycles. The molecule has 1 aliphatic rings. The SMILES string of the molecule is COc1cc(OC(F)(F)F)cc(-c2cc(OC)c(-n3c4c(ccc3=O)CN(S(=O)(=O)Nc3cccnn3)CC4)cc2F)c1. The number of anilines is 1. The Hall–Kier alpha value is -4.70. The summed E-state index contributed by atoms with van der Waals surface area (Å²) in [5, 5.41) is 7.38. The van der Waals surface area contributed by atoms with Crippen LogP contribution >= 0.6 is 0 Å². The third kappa shape index (κ3) is 6.39. The van der Waals surface area contributed by atoms with E-state index in [1.807, 2.05) is 0 Å². The highest BCUT2D eigenvalue weighted by atomic mass is 32.2.